The summed E-state index contributed by atoms with van der Waals surface area (Å²) in [6, 6.07) is 7.05. The Bertz CT molecular complexity index is 587. The molecular weight excluding hydrogens is 288 g/mol. The lowest BCUT2D eigenvalue weighted by Gasteiger charge is -2.29. The number of para-hydroxylation sites is 1. The maximum Gasteiger partial charge on any atom is 0.323 e. The highest BCUT2D eigenvalue weighted by atomic mass is 16.5. The fourth-order valence-electron chi connectivity index (χ4n) is 2.48. The van der Waals surface area contributed by atoms with Crippen LogP contribution in [-0.2, 0) is 19.1 Å². The van der Waals surface area contributed by atoms with Gasteiger partial charge in [-0.1, -0.05) is 18.2 Å². The van der Waals surface area contributed by atoms with Crippen molar-refractivity contribution in [3.8, 4) is 0 Å². The van der Waals surface area contributed by atoms with Crippen molar-refractivity contribution in [1.82, 2.24) is 4.90 Å². The van der Waals surface area contributed by atoms with Crippen molar-refractivity contribution in [3.63, 3.8) is 0 Å². The third-order valence-corrected chi connectivity index (χ3v) is 3.50. The molecule has 0 bridgehead atoms. The van der Waals surface area contributed by atoms with Gasteiger partial charge in [-0.15, -0.1) is 0 Å². The van der Waals surface area contributed by atoms with Gasteiger partial charge in [-0.2, -0.15) is 0 Å². The van der Waals surface area contributed by atoms with E-state index in [9.17, 15) is 14.4 Å². The van der Waals surface area contributed by atoms with E-state index in [2.05, 4.69) is 5.32 Å². The molecule has 0 saturated carbocycles. The number of nitrogens with zero attached hydrogens (tertiary/aromatic N) is 1. The van der Waals surface area contributed by atoms with Crippen molar-refractivity contribution < 1.29 is 24.2 Å². The normalized spacial score (nSPS) is 16.6. The molecule has 1 aromatic carbocycles. The smallest absolute Gasteiger partial charge is 0.323 e. The quantitative estimate of drug-likeness (QED) is 0.805. The minimum atomic E-state index is -1.10. The lowest BCUT2D eigenvalue weighted by molar-refractivity contribution is -0.145. The SMILES string of the molecule is COCCN(CC(=O)O)C(=O)[C@@H]1CC(=O)Nc2ccccc21. The molecule has 7 heteroatoms. The van der Waals surface area contributed by atoms with Crippen LogP contribution in [-0.4, -0.2) is 54.6 Å². The van der Waals surface area contributed by atoms with Gasteiger partial charge in [-0.3, -0.25) is 14.4 Å². The first kappa shape index (κ1) is 16.0. The maximum absolute atomic E-state index is 12.7. The molecule has 1 heterocycles. The van der Waals surface area contributed by atoms with Gasteiger partial charge in [0.1, 0.15) is 6.54 Å². The van der Waals surface area contributed by atoms with E-state index < -0.39 is 18.4 Å². The van der Waals surface area contributed by atoms with E-state index in [4.69, 9.17) is 9.84 Å². The molecule has 1 aliphatic rings. The van der Waals surface area contributed by atoms with Crippen molar-refractivity contribution in [2.75, 3.05) is 32.1 Å². The van der Waals surface area contributed by atoms with Gasteiger partial charge in [0.2, 0.25) is 11.8 Å². The van der Waals surface area contributed by atoms with Crippen molar-refractivity contribution in [2.45, 2.75) is 12.3 Å². The molecule has 22 heavy (non-hydrogen) atoms. The Labute approximate surface area is 127 Å². The van der Waals surface area contributed by atoms with E-state index in [0.29, 0.717) is 11.3 Å². The number of methoxy groups -OCH3 is 1. The van der Waals surface area contributed by atoms with Gasteiger partial charge in [0, 0.05) is 25.8 Å². The third-order valence-electron chi connectivity index (χ3n) is 3.50. The summed E-state index contributed by atoms with van der Waals surface area (Å²) in [4.78, 5) is 36.6. The molecule has 0 fully saturated rings. The van der Waals surface area contributed by atoms with Crippen LogP contribution in [0.2, 0.25) is 0 Å². The number of rotatable bonds is 6. The zero-order chi connectivity index (χ0) is 16.1. The average molecular weight is 306 g/mol. The largest absolute Gasteiger partial charge is 0.480 e. The number of aliphatic carboxylic acids is 1. The number of carboxylic acids is 1. The number of benzene rings is 1. The zero-order valence-corrected chi connectivity index (χ0v) is 12.2. The molecular formula is C15H18N2O5. The Morgan fingerprint density at radius 1 is 1.41 bits per heavy atom. The molecule has 0 aromatic heterocycles. The highest BCUT2D eigenvalue weighted by Crippen LogP contribution is 2.33. The van der Waals surface area contributed by atoms with Gasteiger partial charge < -0.3 is 20.1 Å². The number of carbonyl (C=O) groups is 3. The van der Waals surface area contributed by atoms with Crippen LogP contribution in [0.15, 0.2) is 24.3 Å². The number of hydrogen-bond donors (Lipinski definition) is 2. The predicted octanol–water partition coefficient (Wildman–Crippen LogP) is 0.672. The molecule has 1 aliphatic heterocycles. The number of carbonyl (C=O) groups excluding carboxylic acids is 2. The van der Waals surface area contributed by atoms with Crippen molar-refractivity contribution >= 4 is 23.5 Å². The van der Waals surface area contributed by atoms with Crippen molar-refractivity contribution in [1.29, 1.82) is 0 Å². The number of carboxylic acid groups (broad SMARTS) is 1. The first-order valence-corrected chi connectivity index (χ1v) is 6.91. The number of hydrogen-bond acceptors (Lipinski definition) is 4. The van der Waals surface area contributed by atoms with Gasteiger partial charge in [0.05, 0.1) is 12.5 Å². The third kappa shape index (κ3) is 3.62. The second-order valence-corrected chi connectivity index (χ2v) is 5.04. The monoisotopic (exact) mass is 306 g/mol. The molecule has 2 N–H and O–H groups in total. The average Bonchev–Trinajstić information content (AvgIpc) is 2.49. The van der Waals surface area contributed by atoms with Crippen LogP contribution in [0.3, 0.4) is 0 Å². The van der Waals surface area contributed by atoms with Gasteiger partial charge in [0.25, 0.3) is 0 Å². The standard InChI is InChI=1S/C15H18N2O5/c1-22-7-6-17(9-14(19)20)15(21)11-8-13(18)16-12-5-3-2-4-10(11)12/h2-5,11H,6-9H2,1H3,(H,16,18)(H,19,20)/t11-/m1/s1. The Kier molecular flexibility index (Phi) is 5.11. The molecule has 1 atom stereocenters. The number of nitrogens with one attached hydrogen (secondary N) is 1. The van der Waals surface area contributed by atoms with Gasteiger partial charge >= 0.3 is 5.97 Å². The molecule has 0 spiro atoms. The second kappa shape index (κ2) is 7.04. The summed E-state index contributed by atoms with van der Waals surface area (Å²) >= 11 is 0. The highest BCUT2D eigenvalue weighted by Gasteiger charge is 2.33. The molecule has 2 rings (SSSR count). The topological polar surface area (TPSA) is 95.9 Å². The number of anilines is 1. The number of amides is 2. The summed E-state index contributed by atoms with van der Waals surface area (Å²) in [5.41, 5.74) is 1.30. The van der Waals surface area contributed by atoms with Gasteiger partial charge in [-0.05, 0) is 11.6 Å². The van der Waals surface area contributed by atoms with Crippen LogP contribution < -0.4 is 5.32 Å². The van der Waals surface area contributed by atoms with E-state index in [0.717, 1.165) is 0 Å². The van der Waals surface area contributed by atoms with Crippen LogP contribution in [0.1, 0.15) is 17.9 Å². The van der Waals surface area contributed by atoms with E-state index >= 15 is 0 Å². The van der Waals surface area contributed by atoms with Gasteiger partial charge in [0.15, 0.2) is 0 Å². The fourth-order valence-corrected chi connectivity index (χ4v) is 2.48. The highest BCUT2D eigenvalue weighted by molar-refractivity contribution is 6.01. The maximum atomic E-state index is 12.7. The summed E-state index contributed by atoms with van der Waals surface area (Å²) in [7, 11) is 1.48. The van der Waals surface area contributed by atoms with Crippen molar-refractivity contribution in [2.24, 2.45) is 0 Å². The minimum Gasteiger partial charge on any atom is -0.480 e. The summed E-state index contributed by atoms with van der Waals surface area (Å²) in [6.45, 7) is -0.00994. The molecule has 7 nitrogen and oxygen atoms in total. The van der Waals surface area contributed by atoms with Crippen LogP contribution in [0.4, 0.5) is 5.69 Å². The molecule has 0 aliphatic carbocycles. The summed E-state index contributed by atoms with van der Waals surface area (Å²) in [5.74, 6) is -2.39. The molecule has 118 valence electrons. The lowest BCUT2D eigenvalue weighted by atomic mass is 9.89. The molecule has 2 amide bonds. The van der Waals surface area contributed by atoms with E-state index in [1.54, 1.807) is 24.3 Å². The van der Waals surface area contributed by atoms with E-state index in [1.807, 2.05) is 0 Å². The minimum absolute atomic E-state index is 0.0128. The Hall–Kier alpha value is -2.41. The van der Waals surface area contributed by atoms with Crippen LogP contribution in [0.25, 0.3) is 0 Å². The summed E-state index contributed by atoms with van der Waals surface area (Å²) in [5, 5.41) is 11.7. The second-order valence-electron chi connectivity index (χ2n) is 5.04. The fraction of sp³-hybridized carbons (Fsp3) is 0.400. The summed E-state index contributed by atoms with van der Waals surface area (Å²) in [6.07, 6.45) is 0.0128. The molecule has 0 saturated heterocycles. The van der Waals surface area contributed by atoms with Crippen LogP contribution in [0.5, 0.6) is 0 Å². The molecule has 0 unspecified atom stereocenters. The Morgan fingerprint density at radius 3 is 2.82 bits per heavy atom. The Morgan fingerprint density at radius 2 is 2.14 bits per heavy atom. The Balaban J connectivity index is 2.25. The number of ether oxygens (including phenoxy) is 1. The first-order chi connectivity index (χ1) is 10.5. The zero-order valence-electron chi connectivity index (χ0n) is 12.2. The van der Waals surface area contributed by atoms with Crippen LogP contribution in [0, 0.1) is 0 Å². The number of fused-ring (bicyclic) bond motifs is 1. The lowest BCUT2D eigenvalue weighted by Crippen LogP contribution is -2.42. The molecule has 0 radical (unpaired) electrons. The first-order valence-electron chi connectivity index (χ1n) is 6.91. The van der Waals surface area contributed by atoms with Gasteiger partial charge in [-0.25, -0.2) is 0 Å². The van der Waals surface area contributed by atoms with E-state index in [1.165, 1.54) is 12.0 Å². The summed E-state index contributed by atoms with van der Waals surface area (Å²) < 4.78 is 4.92. The van der Waals surface area contributed by atoms with E-state index in [-0.39, 0.29) is 31.4 Å². The molecule has 1 aromatic rings. The predicted molar refractivity (Wildman–Crippen MR) is 78.5 cm³/mol. The van der Waals surface area contributed by atoms with Crippen LogP contribution >= 0.6 is 0 Å². The van der Waals surface area contributed by atoms with Crippen molar-refractivity contribution in [3.05, 3.63) is 29.8 Å².